The highest BCUT2D eigenvalue weighted by molar-refractivity contribution is 6.42. The van der Waals surface area contributed by atoms with Gasteiger partial charge in [0, 0.05) is 6.08 Å². The number of halogens is 2. The maximum Gasteiger partial charge on any atom is 0.277 e. The van der Waals surface area contributed by atoms with Crippen molar-refractivity contribution in [2.45, 2.75) is 0 Å². The zero-order valence-corrected chi connectivity index (χ0v) is 12.1. The molecule has 2 N–H and O–H groups in total. The predicted octanol–water partition coefficient (Wildman–Crippen LogP) is 1.52. The molecule has 21 heavy (non-hydrogen) atoms. The molecule has 0 fully saturated rings. The maximum atomic E-state index is 12.0. The number of amides is 2. The third kappa shape index (κ3) is 3.00. The molecular formula is C13H9Cl2N3O3. The van der Waals surface area contributed by atoms with Crippen molar-refractivity contribution < 1.29 is 14.7 Å². The molecule has 2 amide bonds. The van der Waals surface area contributed by atoms with Crippen LogP contribution in [-0.4, -0.2) is 35.0 Å². The van der Waals surface area contributed by atoms with Gasteiger partial charge in [-0.2, -0.15) is 5.26 Å². The number of rotatable bonds is 4. The average molecular weight is 326 g/mol. The lowest BCUT2D eigenvalue weighted by Gasteiger charge is -2.14. The van der Waals surface area contributed by atoms with E-state index >= 15 is 0 Å². The molecule has 8 heteroatoms. The second-order valence-corrected chi connectivity index (χ2v) is 4.94. The Kier molecular flexibility index (Phi) is 4.48. The molecule has 6 nitrogen and oxygen atoms in total. The molecule has 0 saturated carbocycles. The van der Waals surface area contributed by atoms with E-state index in [1.54, 1.807) is 0 Å². The van der Waals surface area contributed by atoms with E-state index in [1.165, 1.54) is 12.1 Å². The fourth-order valence-corrected chi connectivity index (χ4v) is 2.13. The number of nitriles is 1. The van der Waals surface area contributed by atoms with Crippen molar-refractivity contribution in [3.8, 4) is 6.07 Å². The van der Waals surface area contributed by atoms with E-state index in [9.17, 15) is 9.59 Å². The van der Waals surface area contributed by atoms with E-state index in [-0.39, 0.29) is 40.1 Å². The van der Waals surface area contributed by atoms with E-state index in [4.69, 9.17) is 33.6 Å². The van der Waals surface area contributed by atoms with Crippen molar-refractivity contribution in [3.63, 3.8) is 0 Å². The Morgan fingerprint density at radius 3 is 2.57 bits per heavy atom. The monoisotopic (exact) mass is 325 g/mol. The summed E-state index contributed by atoms with van der Waals surface area (Å²) < 4.78 is 0. The zero-order valence-electron chi connectivity index (χ0n) is 10.6. The largest absolute Gasteiger partial charge is 0.395 e. The van der Waals surface area contributed by atoms with Gasteiger partial charge in [-0.1, -0.05) is 23.2 Å². The third-order valence-electron chi connectivity index (χ3n) is 2.78. The highest BCUT2D eigenvalue weighted by Gasteiger charge is 2.31. The minimum Gasteiger partial charge on any atom is -0.395 e. The van der Waals surface area contributed by atoms with Crippen LogP contribution in [0.5, 0.6) is 0 Å². The van der Waals surface area contributed by atoms with Crippen LogP contribution in [0.25, 0.3) is 0 Å². The smallest absolute Gasteiger partial charge is 0.277 e. The fourth-order valence-electron chi connectivity index (χ4n) is 1.80. The molecule has 0 bridgehead atoms. The van der Waals surface area contributed by atoms with Gasteiger partial charge in [-0.3, -0.25) is 14.5 Å². The van der Waals surface area contributed by atoms with Crippen molar-refractivity contribution in [2.24, 2.45) is 0 Å². The van der Waals surface area contributed by atoms with Crippen LogP contribution in [0.4, 0.5) is 5.69 Å². The van der Waals surface area contributed by atoms with Gasteiger partial charge < -0.3 is 10.4 Å². The van der Waals surface area contributed by atoms with Crippen molar-refractivity contribution in [3.05, 3.63) is 39.5 Å². The average Bonchev–Trinajstić information content (AvgIpc) is 2.70. The lowest BCUT2D eigenvalue weighted by atomic mass is 10.2. The van der Waals surface area contributed by atoms with Gasteiger partial charge in [0.2, 0.25) is 0 Å². The van der Waals surface area contributed by atoms with Gasteiger partial charge in [-0.15, -0.1) is 0 Å². The summed E-state index contributed by atoms with van der Waals surface area (Å²) in [5.41, 5.74) is 0.458. The van der Waals surface area contributed by atoms with Crippen LogP contribution < -0.4 is 5.32 Å². The van der Waals surface area contributed by atoms with Crippen LogP contribution in [0.2, 0.25) is 10.0 Å². The number of nitrogens with zero attached hydrogens (tertiary/aromatic N) is 2. The summed E-state index contributed by atoms with van der Waals surface area (Å²) in [5.74, 6) is -1.11. The summed E-state index contributed by atoms with van der Waals surface area (Å²) in [6.07, 6.45) is 1.10. The molecule has 0 spiro atoms. The molecular weight excluding hydrogens is 317 g/mol. The Morgan fingerprint density at radius 2 is 1.95 bits per heavy atom. The quantitative estimate of drug-likeness (QED) is 0.818. The van der Waals surface area contributed by atoms with Gasteiger partial charge in [-0.05, 0) is 12.1 Å². The standard InChI is InChI=1S/C13H9Cl2N3O3/c14-8-3-7(6-16)10(4-9(8)15)17-11-5-12(20)18(1-2-19)13(11)21/h3-5,17,19H,1-2H2. The highest BCUT2D eigenvalue weighted by Crippen LogP contribution is 2.30. The summed E-state index contributed by atoms with van der Waals surface area (Å²) >= 11 is 11.7. The lowest BCUT2D eigenvalue weighted by Crippen LogP contribution is -2.34. The maximum absolute atomic E-state index is 12.0. The molecule has 0 aromatic heterocycles. The molecule has 0 radical (unpaired) electrons. The zero-order chi connectivity index (χ0) is 15.6. The molecule has 0 atom stereocenters. The van der Waals surface area contributed by atoms with E-state index in [1.807, 2.05) is 6.07 Å². The number of carbonyl (C=O) groups excluding carboxylic acids is 2. The number of benzene rings is 1. The Bertz CT molecular complexity index is 695. The van der Waals surface area contributed by atoms with E-state index in [0.29, 0.717) is 0 Å². The number of nitrogens with one attached hydrogen (secondary N) is 1. The summed E-state index contributed by atoms with van der Waals surface area (Å²) in [4.78, 5) is 24.5. The summed E-state index contributed by atoms with van der Waals surface area (Å²) in [6, 6.07) is 4.68. The number of aliphatic hydroxyl groups is 1. The fraction of sp³-hybridized carbons (Fsp3) is 0.154. The molecule has 1 aromatic rings. The number of anilines is 1. The molecule has 0 aliphatic carbocycles. The molecule has 1 aliphatic rings. The Labute approximate surface area is 130 Å². The Balaban J connectivity index is 2.30. The second kappa shape index (κ2) is 6.14. The molecule has 1 aromatic carbocycles. The van der Waals surface area contributed by atoms with Crippen molar-refractivity contribution in [1.82, 2.24) is 4.90 Å². The number of carbonyl (C=O) groups is 2. The predicted molar refractivity (Wildman–Crippen MR) is 76.7 cm³/mol. The lowest BCUT2D eigenvalue weighted by molar-refractivity contribution is -0.137. The van der Waals surface area contributed by atoms with Crippen LogP contribution in [0.1, 0.15) is 5.56 Å². The number of β-amino-alcohol motifs (C(OH)–C–C–N with tert-alkyl or cyclic N) is 1. The van der Waals surface area contributed by atoms with E-state index < -0.39 is 11.8 Å². The first-order valence-corrected chi connectivity index (χ1v) is 6.58. The second-order valence-electron chi connectivity index (χ2n) is 4.13. The minimum atomic E-state index is -0.580. The molecule has 1 aliphatic heterocycles. The van der Waals surface area contributed by atoms with Crippen LogP contribution >= 0.6 is 23.2 Å². The van der Waals surface area contributed by atoms with Gasteiger partial charge in [0.15, 0.2) is 0 Å². The molecule has 108 valence electrons. The first-order chi connectivity index (χ1) is 9.97. The number of aliphatic hydroxyl groups excluding tert-OH is 1. The first-order valence-electron chi connectivity index (χ1n) is 5.82. The van der Waals surface area contributed by atoms with E-state index in [0.717, 1.165) is 11.0 Å². The summed E-state index contributed by atoms with van der Waals surface area (Å²) in [7, 11) is 0. The van der Waals surface area contributed by atoms with Crippen LogP contribution in [0, 0.1) is 11.3 Å². The normalized spacial score (nSPS) is 14.2. The van der Waals surface area contributed by atoms with Gasteiger partial charge in [-0.25, -0.2) is 0 Å². The van der Waals surface area contributed by atoms with Gasteiger partial charge in [0.1, 0.15) is 11.8 Å². The molecule has 2 rings (SSSR count). The molecule has 1 heterocycles. The summed E-state index contributed by atoms with van der Waals surface area (Å²) in [5, 5.41) is 21.0. The topological polar surface area (TPSA) is 93.4 Å². The van der Waals surface area contributed by atoms with Crippen LogP contribution in [0.15, 0.2) is 23.9 Å². The van der Waals surface area contributed by atoms with Crippen molar-refractivity contribution in [2.75, 3.05) is 18.5 Å². The van der Waals surface area contributed by atoms with Crippen molar-refractivity contribution >= 4 is 40.7 Å². The van der Waals surface area contributed by atoms with Gasteiger partial charge in [0.05, 0.1) is 34.4 Å². The number of hydrogen-bond acceptors (Lipinski definition) is 5. The minimum absolute atomic E-state index is 0.00309. The van der Waals surface area contributed by atoms with Gasteiger partial charge in [0.25, 0.3) is 11.8 Å². The molecule has 0 unspecified atom stereocenters. The Morgan fingerprint density at radius 1 is 1.29 bits per heavy atom. The van der Waals surface area contributed by atoms with E-state index in [2.05, 4.69) is 5.32 Å². The van der Waals surface area contributed by atoms with Crippen LogP contribution in [0.3, 0.4) is 0 Å². The summed E-state index contributed by atoms with van der Waals surface area (Å²) in [6.45, 7) is -0.416. The highest BCUT2D eigenvalue weighted by atomic mass is 35.5. The van der Waals surface area contributed by atoms with Crippen molar-refractivity contribution in [1.29, 1.82) is 5.26 Å². The number of imide groups is 1. The van der Waals surface area contributed by atoms with Crippen LogP contribution in [-0.2, 0) is 9.59 Å². The Hall–Kier alpha value is -2.07. The molecule has 0 saturated heterocycles. The number of hydrogen-bond donors (Lipinski definition) is 2. The first kappa shape index (κ1) is 15.3. The third-order valence-corrected chi connectivity index (χ3v) is 3.51. The van der Waals surface area contributed by atoms with Gasteiger partial charge >= 0.3 is 0 Å². The SMILES string of the molecule is N#Cc1cc(Cl)c(Cl)cc1NC1=CC(=O)N(CCO)C1=O.